The molecule has 12 heteroatoms. The van der Waals surface area contributed by atoms with E-state index >= 15 is 0 Å². The maximum absolute atomic E-state index is 13.0. The van der Waals surface area contributed by atoms with Crippen LogP contribution in [-0.2, 0) is 22.2 Å². The fourth-order valence-corrected chi connectivity index (χ4v) is 5.75. The Balaban J connectivity index is 1.29. The van der Waals surface area contributed by atoms with Gasteiger partial charge in [0.2, 0.25) is 0 Å². The summed E-state index contributed by atoms with van der Waals surface area (Å²) in [6.45, 7) is 12.2. The van der Waals surface area contributed by atoms with Crippen molar-refractivity contribution in [3.63, 3.8) is 0 Å². The summed E-state index contributed by atoms with van der Waals surface area (Å²) in [5, 5.41) is 5.01. The molecule has 42 heavy (non-hydrogen) atoms. The first-order valence-electron chi connectivity index (χ1n) is 14.8. The summed E-state index contributed by atoms with van der Waals surface area (Å²) in [7, 11) is 0. The maximum Gasteiger partial charge on any atom is 0.417 e. The summed E-state index contributed by atoms with van der Waals surface area (Å²) in [4.78, 5) is 22.8. The number of halogens is 3. The van der Waals surface area contributed by atoms with Crippen molar-refractivity contribution in [2.24, 2.45) is 0 Å². The molecule has 2 saturated heterocycles. The van der Waals surface area contributed by atoms with Gasteiger partial charge in [0.15, 0.2) is 0 Å². The van der Waals surface area contributed by atoms with Gasteiger partial charge in [0.05, 0.1) is 11.3 Å². The molecule has 0 spiro atoms. The molecule has 9 nitrogen and oxygen atoms in total. The van der Waals surface area contributed by atoms with E-state index in [4.69, 9.17) is 14.6 Å². The van der Waals surface area contributed by atoms with Gasteiger partial charge in [0.25, 0.3) is 0 Å². The zero-order chi connectivity index (χ0) is 30.1. The highest BCUT2D eigenvalue weighted by atomic mass is 19.4. The van der Waals surface area contributed by atoms with E-state index in [1.54, 1.807) is 4.90 Å². The first kappa shape index (κ1) is 30.3. The molecular weight excluding hydrogens is 549 g/mol. The Hall–Kier alpha value is -3.12. The molecule has 5 rings (SSSR count). The number of piperazine rings is 1. The molecule has 0 saturated carbocycles. The van der Waals surface area contributed by atoms with Crippen molar-refractivity contribution < 1.29 is 27.4 Å². The zero-order valence-electron chi connectivity index (χ0n) is 24.9. The monoisotopic (exact) mass is 590 g/mol. The average Bonchev–Trinajstić information content (AvgIpc) is 3.36. The number of amides is 1. The van der Waals surface area contributed by atoms with Gasteiger partial charge in [-0.05, 0) is 71.1 Å². The molecule has 2 unspecified atom stereocenters. The Labute approximate surface area is 245 Å². The van der Waals surface area contributed by atoms with E-state index in [1.807, 2.05) is 25.5 Å². The summed E-state index contributed by atoms with van der Waals surface area (Å²) in [5.74, 6) is 0.556. The largest absolute Gasteiger partial charge is 0.444 e. The smallest absolute Gasteiger partial charge is 0.417 e. The lowest BCUT2D eigenvalue weighted by Gasteiger charge is -2.40. The quantitative estimate of drug-likeness (QED) is 0.440. The number of hydrogen-bond acceptors (Lipinski definition) is 7. The van der Waals surface area contributed by atoms with Crippen LogP contribution in [0.2, 0.25) is 0 Å². The second kappa shape index (κ2) is 12.2. The molecule has 0 bridgehead atoms. The van der Waals surface area contributed by atoms with Gasteiger partial charge in [0, 0.05) is 69.9 Å². The van der Waals surface area contributed by atoms with E-state index in [0.717, 1.165) is 68.1 Å². The summed E-state index contributed by atoms with van der Waals surface area (Å²) < 4.78 is 52.5. The number of carbonyl (C=O) groups excluding carboxylic acids is 1. The van der Waals surface area contributed by atoms with Crippen molar-refractivity contribution in [3.05, 3.63) is 47.4 Å². The normalized spacial score (nSPS) is 22.7. The van der Waals surface area contributed by atoms with Gasteiger partial charge in [0.1, 0.15) is 17.6 Å². The van der Waals surface area contributed by atoms with Gasteiger partial charge in [-0.25, -0.2) is 14.5 Å². The van der Waals surface area contributed by atoms with Crippen LogP contribution in [-0.4, -0.2) is 81.6 Å². The zero-order valence-corrected chi connectivity index (χ0v) is 24.9. The number of carbonyl (C=O) groups is 1. The van der Waals surface area contributed by atoms with E-state index in [1.165, 1.54) is 6.07 Å². The minimum atomic E-state index is -4.40. The van der Waals surface area contributed by atoms with Gasteiger partial charge in [-0.15, -0.1) is 0 Å². The van der Waals surface area contributed by atoms with Crippen LogP contribution in [0.15, 0.2) is 30.6 Å². The lowest BCUT2D eigenvalue weighted by atomic mass is 10.0. The van der Waals surface area contributed by atoms with Gasteiger partial charge >= 0.3 is 12.3 Å². The van der Waals surface area contributed by atoms with Crippen LogP contribution < -0.4 is 4.90 Å². The molecule has 2 aromatic heterocycles. The molecule has 1 amide bonds. The first-order valence-corrected chi connectivity index (χ1v) is 14.8. The highest BCUT2D eigenvalue weighted by Gasteiger charge is 2.32. The number of ether oxygens (including phenoxy) is 2. The first-order chi connectivity index (χ1) is 19.9. The van der Waals surface area contributed by atoms with E-state index in [9.17, 15) is 18.0 Å². The highest BCUT2D eigenvalue weighted by molar-refractivity contribution is 5.72. The molecule has 2 fully saturated rings. The lowest BCUT2D eigenvalue weighted by Crippen LogP contribution is -2.52. The molecule has 3 aliphatic heterocycles. The Morgan fingerprint density at radius 3 is 2.55 bits per heavy atom. The van der Waals surface area contributed by atoms with Crippen LogP contribution in [0.3, 0.4) is 0 Å². The topological polar surface area (TPSA) is 76.0 Å². The van der Waals surface area contributed by atoms with E-state index < -0.39 is 17.3 Å². The van der Waals surface area contributed by atoms with E-state index in [0.29, 0.717) is 38.4 Å². The maximum atomic E-state index is 13.0. The predicted octanol–water partition coefficient (Wildman–Crippen LogP) is 5.73. The molecular formula is C30H41F3N6O3. The number of aromatic nitrogens is 3. The molecule has 0 N–H and O–H groups in total. The van der Waals surface area contributed by atoms with Gasteiger partial charge in [-0.3, -0.25) is 4.90 Å². The van der Waals surface area contributed by atoms with Crippen molar-refractivity contribution in [2.75, 3.05) is 44.2 Å². The standard InChI is InChI=1S/C30H41F3N6O3/c1-21-18-36(14-15-38(21)25-9-8-24(17-34-25)30(31,32)33)19-23-20-39(26-7-5-6-16-41-26)35-27(23)22-10-12-37(13-11-22)28(40)42-29(2,3)4/h8-10,17,20-21,26H,5-7,11-16,18-19H2,1-4H3. The van der Waals surface area contributed by atoms with Crippen molar-refractivity contribution in [2.45, 2.75) is 84.0 Å². The van der Waals surface area contributed by atoms with E-state index in [2.05, 4.69) is 34.0 Å². The number of anilines is 1. The Bertz CT molecular complexity index is 1260. The summed E-state index contributed by atoms with van der Waals surface area (Å²) in [6, 6.07) is 2.62. The van der Waals surface area contributed by atoms with Crippen LogP contribution in [0, 0.1) is 0 Å². The average molecular weight is 591 g/mol. The molecule has 0 radical (unpaired) electrons. The Morgan fingerprint density at radius 1 is 1.14 bits per heavy atom. The van der Waals surface area contributed by atoms with E-state index in [-0.39, 0.29) is 18.4 Å². The third-order valence-electron chi connectivity index (χ3n) is 7.90. The van der Waals surface area contributed by atoms with Crippen LogP contribution in [0.1, 0.15) is 76.4 Å². The summed E-state index contributed by atoms with van der Waals surface area (Å²) in [5.41, 5.74) is 1.87. The minimum Gasteiger partial charge on any atom is -0.444 e. The highest BCUT2D eigenvalue weighted by Crippen LogP contribution is 2.32. The van der Waals surface area contributed by atoms with Crippen LogP contribution in [0.5, 0.6) is 0 Å². The number of hydrogen-bond donors (Lipinski definition) is 0. The molecule has 230 valence electrons. The summed E-state index contributed by atoms with van der Waals surface area (Å²) in [6.07, 6.45) is 4.03. The molecule has 3 aliphatic rings. The van der Waals surface area contributed by atoms with Gasteiger partial charge in [-0.2, -0.15) is 18.3 Å². The predicted molar refractivity (Wildman–Crippen MR) is 153 cm³/mol. The van der Waals surface area contributed by atoms with Gasteiger partial charge in [-0.1, -0.05) is 6.08 Å². The third-order valence-corrected chi connectivity index (χ3v) is 7.90. The van der Waals surface area contributed by atoms with Crippen LogP contribution in [0.25, 0.3) is 5.57 Å². The van der Waals surface area contributed by atoms with Crippen LogP contribution in [0.4, 0.5) is 23.8 Å². The Kier molecular flexibility index (Phi) is 8.84. The third kappa shape index (κ3) is 7.26. The van der Waals surface area contributed by atoms with Crippen molar-refractivity contribution in [3.8, 4) is 0 Å². The Morgan fingerprint density at radius 2 is 1.95 bits per heavy atom. The second-order valence-electron chi connectivity index (χ2n) is 12.4. The van der Waals surface area contributed by atoms with Crippen molar-refractivity contribution in [1.29, 1.82) is 0 Å². The van der Waals surface area contributed by atoms with Crippen molar-refractivity contribution >= 4 is 17.5 Å². The SMILES string of the molecule is CC1CN(Cc2cn(C3CCCCO3)nc2C2=CCN(C(=O)OC(C)(C)C)CC2)CCN1c1ccc(C(F)(F)F)cn1. The fourth-order valence-electron chi connectivity index (χ4n) is 5.75. The fraction of sp³-hybridized carbons (Fsp3) is 0.633. The lowest BCUT2D eigenvalue weighted by molar-refractivity contribution is -0.137. The second-order valence-corrected chi connectivity index (χ2v) is 12.4. The molecule has 0 aromatic carbocycles. The molecule has 0 aliphatic carbocycles. The molecule has 2 aromatic rings. The number of pyridine rings is 1. The van der Waals surface area contributed by atoms with Crippen LogP contribution >= 0.6 is 0 Å². The number of nitrogens with zero attached hydrogens (tertiary/aromatic N) is 6. The van der Waals surface area contributed by atoms with Gasteiger partial charge < -0.3 is 19.3 Å². The summed E-state index contributed by atoms with van der Waals surface area (Å²) >= 11 is 0. The van der Waals surface area contributed by atoms with Crippen molar-refractivity contribution in [1.82, 2.24) is 24.6 Å². The minimum absolute atomic E-state index is 0.0689. The molecule has 2 atom stereocenters. The molecule has 5 heterocycles. The number of alkyl halides is 3. The number of rotatable bonds is 5.